The Hall–Kier alpha value is -2.39. The monoisotopic (exact) mass is 347 g/mol. The van der Waals surface area contributed by atoms with Gasteiger partial charge in [0, 0.05) is 32.6 Å². The van der Waals surface area contributed by atoms with E-state index in [2.05, 4.69) is 20.1 Å². The van der Waals surface area contributed by atoms with Crippen LogP contribution in [-0.4, -0.2) is 63.8 Å². The lowest BCUT2D eigenvalue weighted by atomic mass is 10.1. The molecule has 2 aromatic rings. The Morgan fingerprint density at radius 1 is 1.44 bits per heavy atom. The number of carbonyl (C=O) groups is 1. The van der Waals surface area contributed by atoms with Gasteiger partial charge < -0.3 is 18.9 Å². The van der Waals surface area contributed by atoms with Gasteiger partial charge in [-0.05, 0) is 12.8 Å². The highest BCUT2D eigenvalue weighted by atomic mass is 16.5. The van der Waals surface area contributed by atoms with Gasteiger partial charge in [-0.25, -0.2) is 4.98 Å². The molecule has 0 spiro atoms. The normalized spacial score (nSPS) is 17.6. The number of piperidine rings is 1. The molecular weight excluding hydrogens is 326 g/mol. The number of hydrogen-bond acceptors (Lipinski definition) is 8. The Kier molecular flexibility index (Phi) is 6.02. The number of nitrogens with zero attached hydrogens (tertiary/aromatic N) is 5. The van der Waals surface area contributed by atoms with Crippen LogP contribution in [0.1, 0.15) is 25.2 Å². The Morgan fingerprint density at radius 3 is 3.16 bits per heavy atom. The van der Waals surface area contributed by atoms with E-state index in [1.165, 1.54) is 0 Å². The zero-order valence-electron chi connectivity index (χ0n) is 14.1. The van der Waals surface area contributed by atoms with Gasteiger partial charge in [-0.2, -0.15) is 4.98 Å². The summed E-state index contributed by atoms with van der Waals surface area (Å²) in [5.41, 5.74) is 0.546. The van der Waals surface area contributed by atoms with Gasteiger partial charge in [0.15, 0.2) is 0 Å². The van der Waals surface area contributed by atoms with E-state index in [1.807, 2.05) is 4.90 Å². The molecule has 1 saturated heterocycles. The van der Waals surface area contributed by atoms with Crippen LogP contribution in [0.5, 0.6) is 0 Å². The Labute approximate surface area is 145 Å². The lowest BCUT2D eigenvalue weighted by Gasteiger charge is -2.32. The average molecular weight is 347 g/mol. The second kappa shape index (κ2) is 8.63. The molecule has 0 radical (unpaired) electrons. The van der Waals surface area contributed by atoms with Crippen molar-refractivity contribution in [2.45, 2.75) is 32.0 Å². The molecule has 134 valence electrons. The van der Waals surface area contributed by atoms with Crippen molar-refractivity contribution in [3.8, 4) is 11.5 Å². The summed E-state index contributed by atoms with van der Waals surface area (Å²) in [5.74, 6) is 0.855. The van der Waals surface area contributed by atoms with Crippen LogP contribution in [0.15, 0.2) is 23.1 Å². The van der Waals surface area contributed by atoms with Crippen molar-refractivity contribution >= 4 is 5.91 Å². The zero-order valence-corrected chi connectivity index (χ0v) is 14.1. The first-order valence-corrected chi connectivity index (χ1v) is 8.23. The van der Waals surface area contributed by atoms with Crippen molar-refractivity contribution in [2.75, 3.05) is 26.8 Å². The number of ether oxygens (including phenoxy) is 2. The van der Waals surface area contributed by atoms with E-state index in [4.69, 9.17) is 14.0 Å². The van der Waals surface area contributed by atoms with Gasteiger partial charge in [0.05, 0.1) is 25.3 Å². The van der Waals surface area contributed by atoms with Gasteiger partial charge in [-0.3, -0.25) is 9.78 Å². The number of aromatic nitrogens is 4. The van der Waals surface area contributed by atoms with Crippen molar-refractivity contribution in [1.29, 1.82) is 0 Å². The van der Waals surface area contributed by atoms with Crippen LogP contribution in [-0.2, 0) is 20.9 Å². The van der Waals surface area contributed by atoms with E-state index in [1.54, 1.807) is 25.7 Å². The largest absolute Gasteiger partial charge is 0.384 e. The lowest BCUT2D eigenvalue weighted by molar-refractivity contribution is -0.136. The van der Waals surface area contributed by atoms with E-state index >= 15 is 0 Å². The molecule has 0 aromatic carbocycles. The Morgan fingerprint density at radius 2 is 2.36 bits per heavy atom. The highest BCUT2D eigenvalue weighted by molar-refractivity contribution is 5.76. The molecular formula is C16H21N5O4. The Bertz CT molecular complexity index is 678. The smallest absolute Gasteiger partial charge is 0.253 e. The molecule has 1 amide bonds. The molecule has 2 aromatic heterocycles. The lowest BCUT2D eigenvalue weighted by Crippen LogP contribution is -2.43. The summed E-state index contributed by atoms with van der Waals surface area (Å²) in [6.45, 7) is 1.99. The van der Waals surface area contributed by atoms with Crippen molar-refractivity contribution < 1.29 is 18.8 Å². The minimum atomic E-state index is -0.0351. The van der Waals surface area contributed by atoms with Crippen molar-refractivity contribution in [2.24, 2.45) is 0 Å². The van der Waals surface area contributed by atoms with Gasteiger partial charge in [-0.15, -0.1) is 0 Å². The molecule has 0 saturated carbocycles. The van der Waals surface area contributed by atoms with Crippen LogP contribution in [0.25, 0.3) is 11.5 Å². The molecule has 1 atom stereocenters. The average Bonchev–Trinajstić information content (AvgIpc) is 3.14. The minimum absolute atomic E-state index is 0.0351. The molecule has 0 aliphatic carbocycles. The summed E-state index contributed by atoms with van der Waals surface area (Å²) < 4.78 is 16.0. The summed E-state index contributed by atoms with van der Waals surface area (Å²) in [5, 5.41) is 3.88. The molecule has 1 aliphatic rings. The van der Waals surface area contributed by atoms with Gasteiger partial charge in [0.2, 0.25) is 11.7 Å². The third kappa shape index (κ3) is 4.80. The van der Waals surface area contributed by atoms with E-state index in [0.717, 1.165) is 19.4 Å². The fraction of sp³-hybridized carbons (Fsp3) is 0.562. The molecule has 3 heterocycles. The molecule has 9 nitrogen and oxygen atoms in total. The van der Waals surface area contributed by atoms with Crippen LogP contribution in [0.2, 0.25) is 0 Å². The van der Waals surface area contributed by atoms with Crippen molar-refractivity contribution in [3.63, 3.8) is 0 Å². The number of methoxy groups -OCH3 is 1. The molecule has 25 heavy (non-hydrogen) atoms. The van der Waals surface area contributed by atoms with E-state index < -0.39 is 0 Å². The molecule has 0 N–H and O–H groups in total. The Balaban J connectivity index is 1.50. The summed E-state index contributed by atoms with van der Waals surface area (Å²) in [4.78, 5) is 26.3. The zero-order chi connectivity index (χ0) is 17.5. The summed E-state index contributed by atoms with van der Waals surface area (Å²) in [7, 11) is 1.59. The van der Waals surface area contributed by atoms with E-state index in [-0.39, 0.29) is 18.6 Å². The van der Waals surface area contributed by atoms with Crippen LogP contribution in [0.3, 0.4) is 0 Å². The molecule has 3 rings (SSSR count). The van der Waals surface area contributed by atoms with Gasteiger partial charge in [0.1, 0.15) is 12.3 Å². The highest BCUT2D eigenvalue weighted by Gasteiger charge is 2.24. The predicted octanol–water partition coefficient (Wildman–Crippen LogP) is 1.07. The topological polar surface area (TPSA) is 103 Å². The van der Waals surface area contributed by atoms with Crippen LogP contribution < -0.4 is 0 Å². The van der Waals surface area contributed by atoms with E-state index in [0.29, 0.717) is 37.0 Å². The second-order valence-corrected chi connectivity index (χ2v) is 5.76. The maximum atomic E-state index is 12.1. The molecule has 0 bridgehead atoms. The number of likely N-dealkylation sites (tertiary alicyclic amines) is 1. The number of amides is 1. The number of carbonyl (C=O) groups excluding carboxylic acids is 1. The first-order valence-electron chi connectivity index (χ1n) is 8.23. The quantitative estimate of drug-likeness (QED) is 0.733. The molecule has 1 unspecified atom stereocenters. The predicted molar refractivity (Wildman–Crippen MR) is 86.2 cm³/mol. The first-order chi connectivity index (χ1) is 12.3. The third-order valence-corrected chi connectivity index (χ3v) is 3.95. The fourth-order valence-corrected chi connectivity index (χ4v) is 2.67. The highest BCUT2D eigenvalue weighted by Crippen LogP contribution is 2.17. The standard InChI is InChI=1S/C16H21N5O4/c1-23-8-4-15(22)21-7-2-3-12(10-21)24-11-14-19-16(20-25-14)13-9-17-5-6-18-13/h5-6,9,12H,2-4,7-8,10-11H2,1H3. The van der Waals surface area contributed by atoms with Gasteiger partial charge >= 0.3 is 0 Å². The number of rotatable bonds is 7. The third-order valence-electron chi connectivity index (χ3n) is 3.95. The van der Waals surface area contributed by atoms with Crippen molar-refractivity contribution in [3.05, 3.63) is 24.5 Å². The maximum Gasteiger partial charge on any atom is 0.253 e. The molecule has 1 fully saturated rings. The van der Waals surface area contributed by atoms with Crippen LogP contribution in [0, 0.1) is 0 Å². The van der Waals surface area contributed by atoms with Crippen LogP contribution in [0.4, 0.5) is 0 Å². The summed E-state index contributed by atoms with van der Waals surface area (Å²) in [6, 6.07) is 0. The van der Waals surface area contributed by atoms with Gasteiger partial charge in [-0.1, -0.05) is 5.16 Å². The van der Waals surface area contributed by atoms with E-state index in [9.17, 15) is 4.79 Å². The SMILES string of the molecule is COCCC(=O)N1CCCC(OCc2nc(-c3cnccn3)no2)C1. The maximum absolute atomic E-state index is 12.1. The van der Waals surface area contributed by atoms with Gasteiger partial charge in [0.25, 0.3) is 5.89 Å². The second-order valence-electron chi connectivity index (χ2n) is 5.76. The minimum Gasteiger partial charge on any atom is -0.384 e. The number of hydrogen-bond donors (Lipinski definition) is 0. The van der Waals surface area contributed by atoms with Crippen molar-refractivity contribution in [1.82, 2.24) is 25.0 Å². The van der Waals surface area contributed by atoms with Crippen LogP contribution >= 0.6 is 0 Å². The molecule has 9 heteroatoms. The summed E-state index contributed by atoms with van der Waals surface area (Å²) >= 11 is 0. The summed E-state index contributed by atoms with van der Waals surface area (Å²) in [6.07, 6.45) is 6.90. The fourth-order valence-electron chi connectivity index (χ4n) is 2.67. The first kappa shape index (κ1) is 17.4. The molecule has 1 aliphatic heterocycles.